The SMILES string of the molecule is CC(C)(O)C(O)=C1C=CC(=O)CC1. The van der Waals surface area contributed by atoms with Gasteiger partial charge in [0, 0.05) is 6.42 Å². The van der Waals surface area contributed by atoms with E-state index in [2.05, 4.69) is 0 Å². The molecule has 0 heterocycles. The highest BCUT2D eigenvalue weighted by Crippen LogP contribution is 2.23. The zero-order valence-corrected chi connectivity index (χ0v) is 7.87. The minimum absolute atomic E-state index is 0.0451. The molecule has 0 fully saturated rings. The van der Waals surface area contributed by atoms with Gasteiger partial charge in [-0.3, -0.25) is 4.79 Å². The first-order valence-corrected chi connectivity index (χ1v) is 4.27. The van der Waals surface area contributed by atoms with Crippen LogP contribution in [-0.2, 0) is 4.79 Å². The molecule has 0 radical (unpaired) electrons. The van der Waals surface area contributed by atoms with Gasteiger partial charge < -0.3 is 10.2 Å². The van der Waals surface area contributed by atoms with Gasteiger partial charge >= 0.3 is 0 Å². The van der Waals surface area contributed by atoms with E-state index in [0.29, 0.717) is 18.4 Å². The van der Waals surface area contributed by atoms with Crippen LogP contribution in [0.15, 0.2) is 23.5 Å². The van der Waals surface area contributed by atoms with Crippen LogP contribution >= 0.6 is 0 Å². The molecule has 0 amide bonds. The van der Waals surface area contributed by atoms with E-state index in [4.69, 9.17) is 0 Å². The van der Waals surface area contributed by atoms with Gasteiger partial charge in [-0.25, -0.2) is 0 Å². The number of carbonyl (C=O) groups excluding carboxylic acids is 1. The van der Waals surface area contributed by atoms with Crippen LogP contribution < -0.4 is 0 Å². The van der Waals surface area contributed by atoms with Crippen LogP contribution in [-0.4, -0.2) is 21.6 Å². The first-order valence-electron chi connectivity index (χ1n) is 4.27. The third kappa shape index (κ3) is 2.42. The van der Waals surface area contributed by atoms with E-state index in [1.54, 1.807) is 6.08 Å². The molecular weight excluding hydrogens is 168 g/mol. The van der Waals surface area contributed by atoms with Crippen molar-refractivity contribution in [2.75, 3.05) is 0 Å². The summed E-state index contributed by atoms with van der Waals surface area (Å²) in [5, 5.41) is 19.0. The molecule has 0 saturated heterocycles. The van der Waals surface area contributed by atoms with Crippen LogP contribution in [0.3, 0.4) is 0 Å². The molecule has 0 aromatic heterocycles. The maximum atomic E-state index is 10.8. The van der Waals surface area contributed by atoms with Crippen LogP contribution in [0.5, 0.6) is 0 Å². The Hall–Kier alpha value is -1.09. The number of allylic oxidation sites excluding steroid dienone is 3. The highest BCUT2D eigenvalue weighted by atomic mass is 16.3. The first kappa shape index (κ1) is 9.99. The van der Waals surface area contributed by atoms with Crippen molar-refractivity contribution in [2.24, 2.45) is 0 Å². The quantitative estimate of drug-likeness (QED) is 0.604. The third-order valence-electron chi connectivity index (χ3n) is 1.99. The predicted molar refractivity (Wildman–Crippen MR) is 49.3 cm³/mol. The molecule has 3 heteroatoms. The third-order valence-corrected chi connectivity index (χ3v) is 1.99. The number of aliphatic hydroxyl groups excluding tert-OH is 1. The van der Waals surface area contributed by atoms with Crippen molar-refractivity contribution in [2.45, 2.75) is 32.3 Å². The summed E-state index contributed by atoms with van der Waals surface area (Å²) in [6.45, 7) is 3.03. The molecule has 72 valence electrons. The van der Waals surface area contributed by atoms with E-state index in [1.807, 2.05) is 0 Å². The Bertz CT molecular complexity index is 279. The summed E-state index contributed by atoms with van der Waals surface area (Å²) in [7, 11) is 0. The van der Waals surface area contributed by atoms with Gasteiger partial charge in [0.1, 0.15) is 11.4 Å². The number of aliphatic hydroxyl groups is 2. The Morgan fingerprint density at radius 1 is 1.38 bits per heavy atom. The number of ketones is 1. The van der Waals surface area contributed by atoms with Gasteiger partial charge in [0.15, 0.2) is 5.78 Å². The van der Waals surface area contributed by atoms with E-state index in [0.717, 1.165) is 0 Å². The van der Waals surface area contributed by atoms with Gasteiger partial charge in [-0.15, -0.1) is 0 Å². The van der Waals surface area contributed by atoms with Crippen molar-refractivity contribution in [3.8, 4) is 0 Å². The van der Waals surface area contributed by atoms with E-state index in [1.165, 1.54) is 19.9 Å². The van der Waals surface area contributed by atoms with Crippen LogP contribution in [0.2, 0.25) is 0 Å². The molecule has 0 spiro atoms. The molecule has 0 unspecified atom stereocenters. The molecule has 0 atom stereocenters. The molecule has 0 aromatic rings. The molecule has 1 aliphatic rings. The zero-order valence-electron chi connectivity index (χ0n) is 7.87. The number of carbonyl (C=O) groups is 1. The van der Waals surface area contributed by atoms with E-state index < -0.39 is 5.60 Å². The van der Waals surface area contributed by atoms with Crippen molar-refractivity contribution in [1.82, 2.24) is 0 Å². The van der Waals surface area contributed by atoms with E-state index in [9.17, 15) is 15.0 Å². The molecule has 0 bridgehead atoms. The van der Waals surface area contributed by atoms with Crippen molar-refractivity contribution in [3.63, 3.8) is 0 Å². The fourth-order valence-corrected chi connectivity index (χ4v) is 1.21. The van der Waals surface area contributed by atoms with Crippen LogP contribution in [0.1, 0.15) is 26.7 Å². The smallest absolute Gasteiger partial charge is 0.156 e. The lowest BCUT2D eigenvalue weighted by Gasteiger charge is -2.20. The molecule has 0 saturated carbocycles. The maximum Gasteiger partial charge on any atom is 0.156 e. The van der Waals surface area contributed by atoms with Crippen molar-refractivity contribution in [1.29, 1.82) is 0 Å². The van der Waals surface area contributed by atoms with Crippen LogP contribution in [0.4, 0.5) is 0 Å². The van der Waals surface area contributed by atoms with Crippen molar-refractivity contribution >= 4 is 5.78 Å². The second kappa shape index (κ2) is 3.34. The molecule has 1 rings (SSSR count). The topological polar surface area (TPSA) is 57.5 Å². The largest absolute Gasteiger partial charge is 0.509 e. The number of hydrogen-bond donors (Lipinski definition) is 2. The van der Waals surface area contributed by atoms with Crippen LogP contribution in [0, 0.1) is 0 Å². The van der Waals surface area contributed by atoms with Gasteiger partial charge in [-0.05, 0) is 31.9 Å². The maximum absolute atomic E-state index is 10.8. The predicted octanol–water partition coefficient (Wildman–Crippen LogP) is 1.49. The second-order valence-corrected chi connectivity index (χ2v) is 3.73. The summed E-state index contributed by atoms with van der Waals surface area (Å²) in [5.74, 6) is 0.0172. The summed E-state index contributed by atoms with van der Waals surface area (Å²) < 4.78 is 0. The Kier molecular flexibility index (Phi) is 2.57. The average Bonchev–Trinajstić information content (AvgIpc) is 2.03. The van der Waals surface area contributed by atoms with E-state index >= 15 is 0 Å². The van der Waals surface area contributed by atoms with Crippen molar-refractivity contribution in [3.05, 3.63) is 23.5 Å². The molecule has 1 aliphatic carbocycles. The minimum Gasteiger partial charge on any atom is -0.509 e. The lowest BCUT2D eigenvalue weighted by molar-refractivity contribution is -0.114. The van der Waals surface area contributed by atoms with Gasteiger partial charge in [0.05, 0.1) is 0 Å². The Morgan fingerprint density at radius 2 is 2.00 bits per heavy atom. The number of rotatable bonds is 1. The molecule has 3 nitrogen and oxygen atoms in total. The summed E-state index contributed by atoms with van der Waals surface area (Å²) in [6.07, 6.45) is 3.91. The molecule has 13 heavy (non-hydrogen) atoms. The summed E-state index contributed by atoms with van der Waals surface area (Å²) >= 11 is 0. The lowest BCUT2D eigenvalue weighted by Crippen LogP contribution is -2.23. The summed E-state index contributed by atoms with van der Waals surface area (Å²) in [6, 6.07) is 0. The molecule has 0 aromatic carbocycles. The highest BCUT2D eigenvalue weighted by Gasteiger charge is 2.23. The van der Waals surface area contributed by atoms with Gasteiger partial charge in [0.25, 0.3) is 0 Å². The fraction of sp³-hybridized carbons (Fsp3) is 0.500. The Morgan fingerprint density at radius 3 is 2.38 bits per heavy atom. The van der Waals surface area contributed by atoms with Crippen LogP contribution in [0.25, 0.3) is 0 Å². The lowest BCUT2D eigenvalue weighted by atomic mass is 9.94. The summed E-state index contributed by atoms with van der Waals surface area (Å²) in [4.78, 5) is 10.8. The average molecular weight is 182 g/mol. The second-order valence-electron chi connectivity index (χ2n) is 3.73. The summed E-state index contributed by atoms with van der Waals surface area (Å²) in [5.41, 5.74) is -0.577. The Balaban J connectivity index is 2.94. The standard InChI is InChI=1S/C10H14O3/c1-10(2,13)9(12)7-3-5-8(11)6-4-7/h3,5,12-13H,4,6H2,1-2H3. The fourth-order valence-electron chi connectivity index (χ4n) is 1.21. The monoisotopic (exact) mass is 182 g/mol. The molecular formula is C10H14O3. The molecule has 0 aliphatic heterocycles. The number of hydrogen-bond acceptors (Lipinski definition) is 3. The minimum atomic E-state index is -1.22. The highest BCUT2D eigenvalue weighted by molar-refractivity contribution is 5.91. The first-order chi connectivity index (χ1) is 5.91. The van der Waals surface area contributed by atoms with Gasteiger partial charge in [-0.2, -0.15) is 0 Å². The Labute approximate surface area is 77.4 Å². The normalized spacial score (nSPS) is 21.9. The zero-order chi connectivity index (χ0) is 10.1. The van der Waals surface area contributed by atoms with Gasteiger partial charge in [0.2, 0.25) is 0 Å². The molecule has 2 N–H and O–H groups in total. The van der Waals surface area contributed by atoms with E-state index in [-0.39, 0.29) is 11.5 Å². The van der Waals surface area contributed by atoms with Crippen molar-refractivity contribution < 1.29 is 15.0 Å². The van der Waals surface area contributed by atoms with Gasteiger partial charge in [-0.1, -0.05) is 6.08 Å².